The van der Waals surface area contributed by atoms with E-state index < -0.39 is 0 Å². The number of hydrogen-bond donors (Lipinski definition) is 2. The second kappa shape index (κ2) is 4.03. The minimum absolute atomic E-state index is 0.211. The summed E-state index contributed by atoms with van der Waals surface area (Å²) < 4.78 is 1.76. The molecule has 4 nitrogen and oxygen atoms in total. The number of H-pyrrole nitrogens is 2. The molecule has 0 aliphatic rings. The number of benzene rings is 1. The van der Waals surface area contributed by atoms with Crippen LogP contribution in [-0.4, -0.2) is 10.1 Å². The zero-order chi connectivity index (χ0) is 11.7. The van der Waals surface area contributed by atoms with E-state index in [-0.39, 0.29) is 5.69 Å². The van der Waals surface area contributed by atoms with E-state index in [1.807, 2.05) is 47.8 Å². The lowest BCUT2D eigenvalue weighted by molar-refractivity contribution is -0.646. The van der Waals surface area contributed by atoms with Crippen molar-refractivity contribution in [1.82, 2.24) is 10.1 Å². The summed E-state index contributed by atoms with van der Waals surface area (Å²) in [5.41, 5.74) is 0.714. The topological polar surface area (TPSA) is 52.5 Å². The molecule has 0 bridgehead atoms. The summed E-state index contributed by atoms with van der Waals surface area (Å²) in [7, 11) is 0. The Kier molecular flexibility index (Phi) is 2.38. The van der Waals surface area contributed by atoms with Crippen LogP contribution in [0.15, 0.2) is 52.6 Å². The molecule has 0 fully saturated rings. The third kappa shape index (κ3) is 1.81. The third-order valence-electron chi connectivity index (χ3n) is 2.44. The summed E-state index contributed by atoms with van der Waals surface area (Å²) in [4.78, 5) is 15.3. The first kappa shape index (κ1) is 10.0. The molecule has 84 valence electrons. The molecule has 0 amide bonds. The summed E-state index contributed by atoms with van der Waals surface area (Å²) in [6.07, 6.45) is 0. The molecule has 0 spiro atoms. The molecule has 1 aromatic carbocycles. The number of nitrogens with one attached hydrogen (secondary N) is 2. The number of nitrogens with zero attached hydrogens (tertiary/aromatic N) is 1. The first-order valence-corrected chi connectivity index (χ1v) is 6.06. The van der Waals surface area contributed by atoms with E-state index in [9.17, 15) is 4.79 Å². The van der Waals surface area contributed by atoms with Crippen molar-refractivity contribution in [3.8, 4) is 16.4 Å². The Morgan fingerprint density at radius 2 is 1.88 bits per heavy atom. The van der Waals surface area contributed by atoms with Gasteiger partial charge in [0.1, 0.15) is 4.88 Å². The van der Waals surface area contributed by atoms with Crippen LogP contribution in [0.3, 0.4) is 0 Å². The van der Waals surface area contributed by atoms with Crippen LogP contribution >= 0.6 is 11.3 Å². The van der Waals surface area contributed by atoms with Crippen LogP contribution in [0.2, 0.25) is 0 Å². The van der Waals surface area contributed by atoms with Crippen molar-refractivity contribution in [1.29, 1.82) is 0 Å². The fourth-order valence-electron chi connectivity index (χ4n) is 1.70. The van der Waals surface area contributed by atoms with Crippen molar-refractivity contribution in [3.63, 3.8) is 0 Å². The third-order valence-corrected chi connectivity index (χ3v) is 3.31. The average Bonchev–Trinajstić information content (AvgIpc) is 2.98. The first-order valence-electron chi connectivity index (χ1n) is 5.18. The number of hydrogen-bond acceptors (Lipinski definition) is 2. The van der Waals surface area contributed by atoms with Gasteiger partial charge in [0.2, 0.25) is 0 Å². The van der Waals surface area contributed by atoms with Gasteiger partial charge in [0.05, 0.1) is 0 Å². The summed E-state index contributed by atoms with van der Waals surface area (Å²) >= 11 is 1.59. The van der Waals surface area contributed by atoms with Gasteiger partial charge < -0.3 is 0 Å². The predicted octanol–water partition coefficient (Wildman–Crippen LogP) is 1.71. The normalized spacial score (nSPS) is 10.6. The number of thiophene rings is 1. The Morgan fingerprint density at radius 1 is 1.06 bits per heavy atom. The standard InChI is InChI=1S/C12H9N3OS/c16-12-13-11(10-7-4-8-17-10)15(14-12)9-5-2-1-3-6-9/h1-8H,(H,14,16)/p+1. The Balaban J connectivity index is 2.22. The van der Waals surface area contributed by atoms with Gasteiger partial charge in [0, 0.05) is 0 Å². The first-order chi connectivity index (χ1) is 8.34. The molecule has 0 saturated heterocycles. The monoisotopic (exact) mass is 244 g/mol. The summed E-state index contributed by atoms with van der Waals surface area (Å²) in [5.74, 6) is 0.774. The average molecular weight is 244 g/mol. The van der Waals surface area contributed by atoms with Crippen LogP contribution in [0, 0.1) is 0 Å². The molecule has 5 heteroatoms. The minimum atomic E-state index is -0.211. The molecule has 0 radical (unpaired) electrons. The molecular weight excluding hydrogens is 234 g/mol. The molecule has 0 unspecified atom stereocenters. The summed E-state index contributed by atoms with van der Waals surface area (Å²) in [5, 5.41) is 4.74. The molecule has 0 aliphatic heterocycles. The molecule has 17 heavy (non-hydrogen) atoms. The van der Waals surface area contributed by atoms with Crippen LogP contribution in [0.5, 0.6) is 0 Å². The molecule has 2 N–H and O–H groups in total. The van der Waals surface area contributed by atoms with Gasteiger partial charge in [-0.3, -0.25) is 0 Å². The maximum atomic E-state index is 11.5. The molecule has 2 heterocycles. The Hall–Kier alpha value is -2.14. The van der Waals surface area contributed by atoms with Gasteiger partial charge >= 0.3 is 11.5 Å². The number of para-hydroxylation sites is 1. The Bertz CT molecular complexity index is 667. The quantitative estimate of drug-likeness (QED) is 0.662. The van der Waals surface area contributed by atoms with Gasteiger partial charge in [-0.05, 0) is 23.6 Å². The zero-order valence-corrected chi connectivity index (χ0v) is 9.70. The van der Waals surface area contributed by atoms with Gasteiger partial charge in [-0.2, -0.15) is 4.98 Å². The van der Waals surface area contributed by atoms with E-state index in [0.717, 1.165) is 16.4 Å². The van der Waals surface area contributed by atoms with Crippen LogP contribution < -0.4 is 10.4 Å². The van der Waals surface area contributed by atoms with E-state index in [0.29, 0.717) is 0 Å². The van der Waals surface area contributed by atoms with E-state index >= 15 is 0 Å². The van der Waals surface area contributed by atoms with Gasteiger partial charge in [-0.1, -0.05) is 24.3 Å². The maximum Gasteiger partial charge on any atom is 0.442 e. The van der Waals surface area contributed by atoms with Gasteiger partial charge in [-0.15, -0.1) is 21.1 Å². The Morgan fingerprint density at radius 3 is 2.59 bits per heavy atom. The number of aromatic nitrogens is 3. The number of rotatable bonds is 2. The maximum absolute atomic E-state index is 11.5. The fourth-order valence-corrected chi connectivity index (χ4v) is 2.42. The van der Waals surface area contributed by atoms with Crippen LogP contribution in [0.1, 0.15) is 0 Å². The van der Waals surface area contributed by atoms with E-state index in [2.05, 4.69) is 10.1 Å². The van der Waals surface area contributed by atoms with Gasteiger partial charge in [0.15, 0.2) is 5.69 Å². The highest BCUT2D eigenvalue weighted by Crippen LogP contribution is 2.19. The van der Waals surface area contributed by atoms with Crippen molar-refractivity contribution >= 4 is 11.3 Å². The van der Waals surface area contributed by atoms with Gasteiger partial charge in [-0.25, -0.2) is 4.79 Å². The van der Waals surface area contributed by atoms with Crippen LogP contribution in [0.25, 0.3) is 16.4 Å². The van der Waals surface area contributed by atoms with E-state index in [1.165, 1.54) is 0 Å². The molecule has 3 rings (SSSR count). The highest BCUT2D eigenvalue weighted by molar-refractivity contribution is 7.13. The SMILES string of the molecule is O=c1[nH]c(-c2cccs2)[n+](-c2ccccc2)[nH]1. The molecule has 0 atom stereocenters. The highest BCUT2D eigenvalue weighted by Gasteiger charge is 2.18. The predicted molar refractivity (Wildman–Crippen MR) is 66.3 cm³/mol. The van der Waals surface area contributed by atoms with Crippen molar-refractivity contribution < 1.29 is 4.68 Å². The van der Waals surface area contributed by atoms with Crippen molar-refractivity contribution in [3.05, 3.63) is 58.3 Å². The largest absolute Gasteiger partial charge is 0.442 e. The van der Waals surface area contributed by atoms with Gasteiger partial charge in [0.25, 0.3) is 0 Å². The van der Waals surface area contributed by atoms with E-state index in [4.69, 9.17) is 0 Å². The molecule has 3 aromatic rings. The Labute approximate surface area is 101 Å². The number of aromatic amines is 2. The van der Waals surface area contributed by atoms with Crippen molar-refractivity contribution in [2.24, 2.45) is 0 Å². The smallest absolute Gasteiger partial charge is 0.217 e. The lowest BCUT2D eigenvalue weighted by Crippen LogP contribution is -2.36. The van der Waals surface area contributed by atoms with Crippen molar-refractivity contribution in [2.45, 2.75) is 0 Å². The highest BCUT2D eigenvalue weighted by atomic mass is 32.1. The summed E-state index contributed by atoms with van der Waals surface area (Å²) in [6, 6.07) is 13.6. The fraction of sp³-hybridized carbons (Fsp3) is 0. The van der Waals surface area contributed by atoms with Crippen LogP contribution in [-0.2, 0) is 0 Å². The molecule has 0 aliphatic carbocycles. The second-order valence-electron chi connectivity index (χ2n) is 3.56. The summed E-state index contributed by atoms with van der Waals surface area (Å²) in [6.45, 7) is 0. The lowest BCUT2D eigenvalue weighted by atomic mass is 10.3. The zero-order valence-electron chi connectivity index (χ0n) is 8.88. The molecule has 2 aromatic heterocycles. The molecule has 0 saturated carbocycles. The van der Waals surface area contributed by atoms with Crippen LogP contribution in [0.4, 0.5) is 0 Å². The molecular formula is C12H10N3OS+. The lowest BCUT2D eigenvalue weighted by Gasteiger charge is -1.96. The minimum Gasteiger partial charge on any atom is -0.217 e. The second-order valence-corrected chi connectivity index (χ2v) is 4.51. The van der Waals surface area contributed by atoms with Crippen molar-refractivity contribution in [2.75, 3.05) is 0 Å². The van der Waals surface area contributed by atoms with E-state index in [1.54, 1.807) is 16.0 Å².